The summed E-state index contributed by atoms with van der Waals surface area (Å²) < 4.78 is 43.5. The molecule has 0 atom stereocenters. The SMILES string of the molecule is Fc1ccc(-c2ncc(SNc3ccc(Br)cc3C(F)F)s2)cc1. The number of hydrogen-bond acceptors (Lipinski definition) is 4. The summed E-state index contributed by atoms with van der Waals surface area (Å²) in [5, 5.41) is 0.740. The van der Waals surface area contributed by atoms with Crippen LogP contribution in [0.4, 0.5) is 18.9 Å². The molecule has 1 heterocycles. The van der Waals surface area contributed by atoms with Crippen LogP contribution < -0.4 is 4.72 Å². The van der Waals surface area contributed by atoms with Gasteiger partial charge in [-0.2, -0.15) is 0 Å². The van der Waals surface area contributed by atoms with E-state index in [0.717, 1.165) is 14.8 Å². The molecule has 1 aromatic heterocycles. The van der Waals surface area contributed by atoms with Gasteiger partial charge in [0.1, 0.15) is 15.0 Å². The number of hydrogen-bond donors (Lipinski definition) is 1. The molecule has 3 aromatic rings. The fourth-order valence-electron chi connectivity index (χ4n) is 1.94. The second-order valence-electron chi connectivity index (χ2n) is 4.73. The lowest BCUT2D eigenvalue weighted by Crippen LogP contribution is -1.94. The van der Waals surface area contributed by atoms with Crippen LogP contribution in [-0.4, -0.2) is 4.98 Å². The molecule has 0 amide bonds. The zero-order valence-corrected chi connectivity index (χ0v) is 15.2. The maximum atomic E-state index is 13.1. The van der Waals surface area contributed by atoms with Crippen molar-refractivity contribution >= 4 is 44.9 Å². The van der Waals surface area contributed by atoms with Crippen LogP contribution in [-0.2, 0) is 0 Å². The molecule has 0 aliphatic heterocycles. The molecule has 24 heavy (non-hydrogen) atoms. The number of aromatic nitrogens is 1. The van der Waals surface area contributed by atoms with Gasteiger partial charge in [0.2, 0.25) is 0 Å². The van der Waals surface area contributed by atoms with E-state index in [1.807, 2.05) is 0 Å². The van der Waals surface area contributed by atoms with Crippen LogP contribution in [0.15, 0.2) is 57.3 Å². The fourth-order valence-corrected chi connectivity index (χ4v) is 4.01. The smallest absolute Gasteiger partial charge is 0.265 e. The van der Waals surface area contributed by atoms with Crippen molar-refractivity contribution in [1.29, 1.82) is 0 Å². The molecule has 1 N–H and O–H groups in total. The zero-order chi connectivity index (χ0) is 17.1. The van der Waals surface area contributed by atoms with E-state index in [1.54, 1.807) is 30.5 Å². The number of rotatable bonds is 5. The topological polar surface area (TPSA) is 24.9 Å². The predicted molar refractivity (Wildman–Crippen MR) is 96.1 cm³/mol. The first-order valence-electron chi connectivity index (χ1n) is 6.75. The molecule has 2 nitrogen and oxygen atoms in total. The molecule has 8 heteroatoms. The van der Waals surface area contributed by atoms with Crippen LogP contribution in [0, 0.1) is 5.82 Å². The van der Waals surface area contributed by atoms with Crippen LogP contribution >= 0.6 is 39.2 Å². The van der Waals surface area contributed by atoms with Gasteiger partial charge in [-0.1, -0.05) is 15.9 Å². The highest BCUT2D eigenvalue weighted by atomic mass is 79.9. The van der Waals surface area contributed by atoms with E-state index in [2.05, 4.69) is 25.6 Å². The number of thiazole rings is 1. The monoisotopic (exact) mass is 430 g/mol. The number of alkyl halides is 2. The summed E-state index contributed by atoms with van der Waals surface area (Å²) in [4.78, 5) is 4.28. The van der Waals surface area contributed by atoms with Crippen LogP contribution in [0.5, 0.6) is 0 Å². The normalized spacial score (nSPS) is 11.0. The van der Waals surface area contributed by atoms with E-state index in [-0.39, 0.29) is 11.4 Å². The van der Waals surface area contributed by atoms with Gasteiger partial charge in [-0.25, -0.2) is 18.2 Å². The van der Waals surface area contributed by atoms with Gasteiger partial charge in [0.25, 0.3) is 6.43 Å². The average molecular weight is 431 g/mol. The fraction of sp³-hybridized carbons (Fsp3) is 0.0625. The summed E-state index contributed by atoms with van der Waals surface area (Å²) in [6, 6.07) is 10.7. The van der Waals surface area contributed by atoms with E-state index >= 15 is 0 Å². The minimum atomic E-state index is -2.57. The van der Waals surface area contributed by atoms with Gasteiger partial charge < -0.3 is 4.72 Å². The Balaban J connectivity index is 1.73. The van der Waals surface area contributed by atoms with Crippen LogP contribution in [0.1, 0.15) is 12.0 Å². The Morgan fingerprint density at radius 2 is 1.88 bits per heavy atom. The van der Waals surface area contributed by atoms with Crippen LogP contribution in [0.2, 0.25) is 0 Å². The van der Waals surface area contributed by atoms with Crippen molar-refractivity contribution in [2.24, 2.45) is 0 Å². The summed E-state index contributed by atoms with van der Waals surface area (Å²) in [6.45, 7) is 0. The second-order valence-corrected chi connectivity index (χ2v) is 7.78. The molecule has 124 valence electrons. The van der Waals surface area contributed by atoms with E-state index in [0.29, 0.717) is 10.2 Å². The predicted octanol–water partition coefficient (Wildman–Crippen LogP) is 6.77. The third-order valence-corrected chi connectivity index (χ3v) is 5.55. The van der Waals surface area contributed by atoms with Crippen molar-refractivity contribution in [1.82, 2.24) is 4.98 Å². The van der Waals surface area contributed by atoms with Crippen molar-refractivity contribution in [3.63, 3.8) is 0 Å². The molecular weight excluding hydrogens is 421 g/mol. The van der Waals surface area contributed by atoms with Crippen LogP contribution in [0.3, 0.4) is 0 Å². The molecule has 0 radical (unpaired) electrons. The number of halogens is 4. The van der Waals surface area contributed by atoms with Gasteiger partial charge >= 0.3 is 0 Å². The Kier molecular flexibility index (Phi) is 5.47. The molecule has 0 aliphatic carbocycles. The Hall–Kier alpha value is -1.51. The number of benzene rings is 2. The van der Waals surface area contributed by atoms with Gasteiger partial charge in [-0.05, 0) is 54.4 Å². The second kappa shape index (κ2) is 7.58. The lowest BCUT2D eigenvalue weighted by molar-refractivity contribution is 0.152. The quantitative estimate of drug-likeness (QED) is 0.452. The lowest BCUT2D eigenvalue weighted by Gasteiger charge is -2.10. The number of nitrogens with zero attached hydrogens (tertiary/aromatic N) is 1. The van der Waals surface area contributed by atoms with Crippen LogP contribution in [0.25, 0.3) is 10.6 Å². The summed E-state index contributed by atoms with van der Waals surface area (Å²) >= 11 is 5.80. The maximum Gasteiger partial charge on any atom is 0.265 e. The van der Waals surface area contributed by atoms with Crippen molar-refractivity contribution in [2.75, 3.05) is 4.72 Å². The lowest BCUT2D eigenvalue weighted by atomic mass is 10.2. The minimum Gasteiger partial charge on any atom is -0.324 e. The third-order valence-electron chi connectivity index (χ3n) is 3.09. The van der Waals surface area contributed by atoms with E-state index in [9.17, 15) is 13.2 Å². The molecule has 0 saturated carbocycles. The van der Waals surface area contributed by atoms with Gasteiger partial charge in [0, 0.05) is 15.6 Å². The first kappa shape index (κ1) is 17.3. The molecule has 0 saturated heterocycles. The van der Waals surface area contributed by atoms with Crippen molar-refractivity contribution in [3.05, 3.63) is 64.5 Å². The van der Waals surface area contributed by atoms with Crippen molar-refractivity contribution in [2.45, 2.75) is 10.6 Å². The van der Waals surface area contributed by atoms with Crippen molar-refractivity contribution in [3.8, 4) is 10.6 Å². The summed E-state index contributed by atoms with van der Waals surface area (Å²) in [7, 11) is 0. The van der Waals surface area contributed by atoms with E-state index in [4.69, 9.17) is 0 Å². The largest absolute Gasteiger partial charge is 0.324 e. The van der Waals surface area contributed by atoms with Gasteiger partial charge in [-0.3, -0.25) is 0 Å². The summed E-state index contributed by atoms with van der Waals surface area (Å²) in [6.07, 6.45) is -0.913. The Labute approximate surface area is 153 Å². The first-order chi connectivity index (χ1) is 11.5. The molecule has 0 fully saturated rings. The Morgan fingerprint density at radius 3 is 2.58 bits per heavy atom. The standard InChI is InChI=1S/C16H10BrF3N2S2/c17-10-3-6-13(12(7-10)15(19)20)22-24-14-8-21-16(23-14)9-1-4-11(18)5-2-9/h1-8,15,22H. The highest BCUT2D eigenvalue weighted by Gasteiger charge is 2.14. The first-order valence-corrected chi connectivity index (χ1v) is 9.18. The van der Waals surface area contributed by atoms with E-state index in [1.165, 1.54) is 41.5 Å². The molecule has 3 rings (SSSR count). The highest BCUT2D eigenvalue weighted by molar-refractivity contribution is 9.10. The Morgan fingerprint density at radius 1 is 1.12 bits per heavy atom. The number of nitrogens with one attached hydrogen (secondary N) is 1. The third kappa shape index (κ3) is 4.12. The van der Waals surface area contributed by atoms with Gasteiger partial charge in [-0.15, -0.1) is 11.3 Å². The number of anilines is 1. The summed E-state index contributed by atoms with van der Waals surface area (Å²) in [5.74, 6) is -0.304. The molecule has 2 aromatic carbocycles. The van der Waals surface area contributed by atoms with Gasteiger partial charge in [0.05, 0.1) is 11.9 Å². The molecule has 0 unspecified atom stereocenters. The molecule has 0 bridgehead atoms. The Bertz CT molecular complexity index is 838. The molecule has 0 spiro atoms. The minimum absolute atomic E-state index is 0.0693. The molecule has 0 aliphatic rings. The van der Waals surface area contributed by atoms with Gasteiger partial charge in [0.15, 0.2) is 0 Å². The molecular formula is C16H10BrF3N2S2. The zero-order valence-electron chi connectivity index (χ0n) is 12.0. The summed E-state index contributed by atoms with van der Waals surface area (Å²) in [5.41, 5.74) is 1.10. The van der Waals surface area contributed by atoms with E-state index < -0.39 is 6.43 Å². The maximum absolute atomic E-state index is 13.1. The average Bonchev–Trinajstić information content (AvgIpc) is 3.03. The van der Waals surface area contributed by atoms with Crippen molar-refractivity contribution < 1.29 is 13.2 Å². The highest BCUT2D eigenvalue weighted by Crippen LogP contribution is 2.35.